The number of ether oxygens (including phenoxy) is 1. The SMILES string of the molecule is CCNC(=NCCS(=O)(=O)N1CCSCC1)N1CCC(N2CCOCC2)C1. The summed E-state index contributed by atoms with van der Waals surface area (Å²) in [7, 11) is -3.20. The highest BCUT2D eigenvalue weighted by molar-refractivity contribution is 7.99. The smallest absolute Gasteiger partial charge is 0.215 e. The average Bonchev–Trinajstić information content (AvgIpc) is 3.19. The normalized spacial score (nSPS) is 26.5. The van der Waals surface area contributed by atoms with E-state index in [4.69, 9.17) is 4.74 Å². The van der Waals surface area contributed by atoms with Crippen molar-refractivity contribution in [2.45, 2.75) is 19.4 Å². The first kappa shape index (κ1) is 21.2. The molecule has 3 aliphatic heterocycles. The molecular weight excluding hydrogens is 386 g/mol. The van der Waals surface area contributed by atoms with Gasteiger partial charge in [-0.25, -0.2) is 12.7 Å². The topological polar surface area (TPSA) is 77.5 Å². The van der Waals surface area contributed by atoms with Gasteiger partial charge in [0.25, 0.3) is 0 Å². The lowest BCUT2D eigenvalue weighted by molar-refractivity contribution is 0.0195. The Balaban J connectivity index is 1.53. The number of nitrogens with zero attached hydrogens (tertiary/aromatic N) is 4. The van der Waals surface area contributed by atoms with Gasteiger partial charge in [-0.2, -0.15) is 11.8 Å². The Bertz CT molecular complexity index is 589. The number of morpholine rings is 1. The van der Waals surface area contributed by atoms with Gasteiger partial charge in [-0.1, -0.05) is 0 Å². The van der Waals surface area contributed by atoms with Gasteiger partial charge >= 0.3 is 0 Å². The molecule has 0 aliphatic carbocycles. The Labute approximate surface area is 167 Å². The number of guanidine groups is 1. The Morgan fingerprint density at radius 3 is 2.63 bits per heavy atom. The van der Waals surface area contributed by atoms with E-state index in [0.29, 0.717) is 25.7 Å². The maximum atomic E-state index is 12.5. The standard InChI is InChI=1S/C17H33N5O3S2/c1-2-18-17(19-4-14-27(23,24)22-8-12-26-13-9-22)21-5-3-16(15-21)20-6-10-25-11-7-20/h16H,2-15H2,1H3,(H,18,19). The average molecular weight is 420 g/mol. The van der Waals surface area contributed by atoms with E-state index in [1.165, 1.54) is 0 Å². The summed E-state index contributed by atoms with van der Waals surface area (Å²) in [6.45, 7) is 9.94. The molecule has 3 fully saturated rings. The van der Waals surface area contributed by atoms with Crippen molar-refractivity contribution in [1.29, 1.82) is 0 Å². The van der Waals surface area contributed by atoms with Crippen LogP contribution in [0.2, 0.25) is 0 Å². The zero-order valence-corrected chi connectivity index (χ0v) is 17.9. The van der Waals surface area contributed by atoms with E-state index < -0.39 is 10.0 Å². The maximum Gasteiger partial charge on any atom is 0.215 e. The van der Waals surface area contributed by atoms with Crippen LogP contribution >= 0.6 is 11.8 Å². The number of thioether (sulfide) groups is 1. The molecule has 0 amide bonds. The molecule has 0 aromatic heterocycles. The second-order valence-electron chi connectivity index (χ2n) is 7.10. The van der Waals surface area contributed by atoms with Gasteiger partial charge in [0.15, 0.2) is 5.96 Å². The van der Waals surface area contributed by atoms with Crippen molar-refractivity contribution < 1.29 is 13.2 Å². The van der Waals surface area contributed by atoms with E-state index in [1.54, 1.807) is 4.31 Å². The molecule has 0 aromatic rings. The monoisotopic (exact) mass is 419 g/mol. The number of aliphatic imine (C=N–C) groups is 1. The Hall–Kier alpha value is -0.550. The van der Waals surface area contributed by atoms with Gasteiger partial charge in [0.2, 0.25) is 10.0 Å². The fourth-order valence-corrected chi connectivity index (χ4v) is 6.27. The minimum atomic E-state index is -3.20. The van der Waals surface area contributed by atoms with Crippen LogP contribution < -0.4 is 5.32 Å². The minimum Gasteiger partial charge on any atom is -0.379 e. The molecule has 156 valence electrons. The van der Waals surface area contributed by atoms with Crippen LogP contribution in [-0.2, 0) is 14.8 Å². The summed E-state index contributed by atoms with van der Waals surface area (Å²) in [5.74, 6) is 2.72. The van der Waals surface area contributed by atoms with Crippen LogP contribution in [-0.4, -0.2) is 117 Å². The molecule has 27 heavy (non-hydrogen) atoms. The van der Waals surface area contributed by atoms with Gasteiger partial charge in [0.05, 0.1) is 25.5 Å². The third-order valence-electron chi connectivity index (χ3n) is 5.33. The molecule has 0 spiro atoms. The molecule has 0 radical (unpaired) electrons. The maximum absolute atomic E-state index is 12.5. The molecule has 0 saturated carbocycles. The van der Waals surface area contributed by atoms with Crippen molar-refractivity contribution in [3.63, 3.8) is 0 Å². The lowest BCUT2D eigenvalue weighted by Gasteiger charge is -2.32. The second-order valence-corrected chi connectivity index (χ2v) is 10.4. The van der Waals surface area contributed by atoms with Crippen LogP contribution in [0.5, 0.6) is 0 Å². The summed E-state index contributed by atoms with van der Waals surface area (Å²) in [5, 5.41) is 3.33. The molecule has 0 aromatic carbocycles. The van der Waals surface area contributed by atoms with E-state index in [1.807, 2.05) is 18.7 Å². The fourth-order valence-electron chi connectivity index (χ4n) is 3.82. The third-order valence-corrected chi connectivity index (χ3v) is 8.13. The van der Waals surface area contributed by atoms with Crippen molar-refractivity contribution in [2.24, 2.45) is 4.99 Å². The quantitative estimate of drug-likeness (QED) is 0.469. The van der Waals surface area contributed by atoms with Crippen LogP contribution in [0, 0.1) is 0 Å². The molecule has 3 saturated heterocycles. The molecule has 8 nitrogen and oxygen atoms in total. The summed E-state index contributed by atoms with van der Waals surface area (Å²) in [4.78, 5) is 9.41. The third kappa shape index (κ3) is 5.96. The van der Waals surface area contributed by atoms with Gasteiger partial charge in [-0.15, -0.1) is 0 Å². The molecule has 3 rings (SSSR count). The van der Waals surface area contributed by atoms with E-state index in [0.717, 1.165) is 69.8 Å². The molecule has 1 unspecified atom stereocenters. The van der Waals surface area contributed by atoms with Crippen LogP contribution in [0.15, 0.2) is 4.99 Å². The summed E-state index contributed by atoms with van der Waals surface area (Å²) in [6.07, 6.45) is 1.12. The zero-order chi connectivity index (χ0) is 19.1. The van der Waals surface area contributed by atoms with E-state index >= 15 is 0 Å². The van der Waals surface area contributed by atoms with Crippen LogP contribution in [0.1, 0.15) is 13.3 Å². The summed E-state index contributed by atoms with van der Waals surface area (Å²) in [6, 6.07) is 0.535. The second kappa shape index (κ2) is 10.3. The molecule has 1 N–H and O–H groups in total. The molecule has 3 aliphatic rings. The van der Waals surface area contributed by atoms with Gasteiger partial charge in [-0.05, 0) is 13.3 Å². The number of sulfonamides is 1. The van der Waals surface area contributed by atoms with Crippen LogP contribution in [0.3, 0.4) is 0 Å². The van der Waals surface area contributed by atoms with Gasteiger partial charge in [0, 0.05) is 63.4 Å². The van der Waals surface area contributed by atoms with Gasteiger partial charge < -0.3 is 15.0 Å². The minimum absolute atomic E-state index is 0.0906. The fraction of sp³-hybridized carbons (Fsp3) is 0.941. The summed E-state index contributed by atoms with van der Waals surface area (Å²) < 4.78 is 32.1. The predicted octanol–water partition coefficient (Wildman–Crippen LogP) is -0.263. The largest absolute Gasteiger partial charge is 0.379 e. The van der Waals surface area contributed by atoms with E-state index in [-0.39, 0.29) is 5.75 Å². The van der Waals surface area contributed by atoms with Crippen molar-refractivity contribution in [3.05, 3.63) is 0 Å². The highest BCUT2D eigenvalue weighted by Gasteiger charge is 2.30. The first-order valence-electron chi connectivity index (χ1n) is 10.0. The van der Waals surface area contributed by atoms with Gasteiger partial charge in [0.1, 0.15) is 0 Å². The Morgan fingerprint density at radius 1 is 1.19 bits per heavy atom. The first-order chi connectivity index (χ1) is 13.1. The summed E-state index contributed by atoms with van der Waals surface area (Å²) in [5.41, 5.74) is 0. The predicted molar refractivity (Wildman–Crippen MR) is 111 cm³/mol. The Kier molecular flexibility index (Phi) is 8.07. The van der Waals surface area contributed by atoms with Crippen LogP contribution in [0.4, 0.5) is 0 Å². The highest BCUT2D eigenvalue weighted by Crippen LogP contribution is 2.17. The number of hydrogen-bond acceptors (Lipinski definition) is 6. The van der Waals surface area contributed by atoms with Crippen molar-refractivity contribution >= 4 is 27.7 Å². The lowest BCUT2D eigenvalue weighted by Crippen LogP contribution is -2.46. The molecule has 0 bridgehead atoms. The molecule has 10 heteroatoms. The molecular formula is C17H33N5O3S2. The zero-order valence-electron chi connectivity index (χ0n) is 16.3. The van der Waals surface area contributed by atoms with E-state index in [2.05, 4.69) is 20.1 Å². The van der Waals surface area contributed by atoms with Crippen molar-refractivity contribution in [3.8, 4) is 0 Å². The number of nitrogens with one attached hydrogen (secondary N) is 1. The summed E-state index contributed by atoms with van der Waals surface area (Å²) >= 11 is 1.82. The highest BCUT2D eigenvalue weighted by atomic mass is 32.2. The van der Waals surface area contributed by atoms with Gasteiger partial charge in [-0.3, -0.25) is 9.89 Å². The van der Waals surface area contributed by atoms with E-state index in [9.17, 15) is 8.42 Å². The number of rotatable bonds is 6. The lowest BCUT2D eigenvalue weighted by atomic mass is 10.2. The van der Waals surface area contributed by atoms with Crippen molar-refractivity contribution in [1.82, 2.24) is 19.4 Å². The Morgan fingerprint density at radius 2 is 1.93 bits per heavy atom. The van der Waals surface area contributed by atoms with Crippen LogP contribution in [0.25, 0.3) is 0 Å². The number of likely N-dealkylation sites (tertiary alicyclic amines) is 1. The first-order valence-corrected chi connectivity index (χ1v) is 12.8. The van der Waals surface area contributed by atoms with Crippen molar-refractivity contribution in [2.75, 3.05) is 82.8 Å². The number of hydrogen-bond donors (Lipinski definition) is 1. The molecule has 3 heterocycles. The molecule has 1 atom stereocenters.